The van der Waals surface area contributed by atoms with Crippen LogP contribution in [-0.4, -0.2) is 41.4 Å². The van der Waals surface area contributed by atoms with Gasteiger partial charge in [-0.1, -0.05) is 0 Å². The highest BCUT2D eigenvalue weighted by Crippen LogP contribution is 2.07. The fourth-order valence-electron chi connectivity index (χ4n) is 1.42. The molecule has 1 atom stereocenters. The fourth-order valence-corrected chi connectivity index (χ4v) is 2.24. The van der Waals surface area contributed by atoms with Gasteiger partial charge in [0.1, 0.15) is 9.84 Å². The summed E-state index contributed by atoms with van der Waals surface area (Å²) in [6, 6.07) is 2.06. The Labute approximate surface area is 96.0 Å². The number of nitrogens with zero attached hydrogens (tertiary/aromatic N) is 2. The van der Waals surface area contributed by atoms with E-state index in [2.05, 4.69) is 5.10 Å². The van der Waals surface area contributed by atoms with Crippen LogP contribution in [0.4, 0.5) is 0 Å². The van der Waals surface area contributed by atoms with Crippen molar-refractivity contribution in [3.05, 3.63) is 18.0 Å². The lowest BCUT2D eigenvalue weighted by atomic mass is 10.2. The summed E-state index contributed by atoms with van der Waals surface area (Å²) in [6.45, 7) is 4.01. The number of rotatable bonds is 5. The maximum atomic E-state index is 11.0. The molecule has 92 valence electrons. The molecule has 1 aromatic heterocycles. The number of aromatic nitrogens is 2. The maximum absolute atomic E-state index is 11.0. The van der Waals surface area contributed by atoms with E-state index in [1.54, 1.807) is 10.7 Å². The third-order valence-corrected chi connectivity index (χ3v) is 3.12. The molecular formula is C10H18N2O3S. The van der Waals surface area contributed by atoms with E-state index in [0.29, 0.717) is 5.69 Å². The lowest BCUT2D eigenvalue weighted by Crippen LogP contribution is -2.22. The molecule has 0 aliphatic rings. The van der Waals surface area contributed by atoms with Gasteiger partial charge in [0.05, 0.1) is 17.6 Å². The maximum Gasteiger partial charge on any atom is 0.150 e. The van der Waals surface area contributed by atoms with Gasteiger partial charge in [0.2, 0.25) is 0 Å². The van der Waals surface area contributed by atoms with Crippen molar-refractivity contribution < 1.29 is 13.5 Å². The molecule has 1 rings (SSSR count). The third-order valence-electron chi connectivity index (χ3n) is 2.13. The predicted octanol–water partition coefficient (Wildman–Crippen LogP) is 0.412. The van der Waals surface area contributed by atoms with Gasteiger partial charge < -0.3 is 5.11 Å². The Bertz CT molecular complexity index is 437. The smallest absolute Gasteiger partial charge is 0.150 e. The van der Waals surface area contributed by atoms with Crippen LogP contribution in [0.2, 0.25) is 0 Å². The van der Waals surface area contributed by atoms with Crippen molar-refractivity contribution in [1.82, 2.24) is 9.78 Å². The molecule has 0 aliphatic heterocycles. The highest BCUT2D eigenvalue weighted by molar-refractivity contribution is 7.90. The number of hydrogen-bond acceptors (Lipinski definition) is 4. The van der Waals surface area contributed by atoms with Crippen molar-refractivity contribution in [1.29, 1.82) is 0 Å². The van der Waals surface area contributed by atoms with E-state index in [1.807, 2.05) is 20.0 Å². The second kappa shape index (κ2) is 4.97. The van der Waals surface area contributed by atoms with Gasteiger partial charge in [-0.25, -0.2) is 8.42 Å². The van der Waals surface area contributed by atoms with Crippen molar-refractivity contribution in [2.24, 2.45) is 0 Å². The number of sulfone groups is 1. The lowest BCUT2D eigenvalue weighted by molar-refractivity contribution is 0.196. The van der Waals surface area contributed by atoms with Crippen LogP contribution in [0.25, 0.3) is 0 Å². The molecule has 0 spiro atoms. The first-order valence-corrected chi connectivity index (χ1v) is 7.24. The van der Waals surface area contributed by atoms with Crippen LogP contribution in [0.15, 0.2) is 12.3 Å². The van der Waals surface area contributed by atoms with Crippen molar-refractivity contribution in [2.45, 2.75) is 32.4 Å². The predicted molar refractivity (Wildman–Crippen MR) is 62.0 cm³/mol. The quantitative estimate of drug-likeness (QED) is 0.817. The SMILES string of the molecule is CC(C)n1ccc(CC(O)CS(C)(=O)=O)n1. The van der Waals surface area contributed by atoms with Gasteiger partial charge >= 0.3 is 0 Å². The lowest BCUT2D eigenvalue weighted by Gasteiger charge is -2.07. The largest absolute Gasteiger partial charge is 0.392 e. The van der Waals surface area contributed by atoms with Gasteiger partial charge in [-0.2, -0.15) is 5.10 Å². The monoisotopic (exact) mass is 246 g/mol. The van der Waals surface area contributed by atoms with Crippen LogP contribution in [0.1, 0.15) is 25.6 Å². The van der Waals surface area contributed by atoms with Crippen LogP contribution >= 0.6 is 0 Å². The zero-order valence-electron chi connectivity index (χ0n) is 9.79. The van der Waals surface area contributed by atoms with Crippen molar-refractivity contribution in [2.75, 3.05) is 12.0 Å². The molecule has 5 nitrogen and oxygen atoms in total. The van der Waals surface area contributed by atoms with Crippen molar-refractivity contribution >= 4 is 9.84 Å². The first kappa shape index (κ1) is 13.2. The van der Waals surface area contributed by atoms with E-state index in [9.17, 15) is 13.5 Å². The Morgan fingerprint density at radius 2 is 2.12 bits per heavy atom. The number of aliphatic hydroxyl groups is 1. The molecule has 1 aromatic rings. The molecule has 1 heterocycles. The summed E-state index contributed by atoms with van der Waals surface area (Å²) in [5, 5.41) is 13.8. The molecule has 0 amide bonds. The summed E-state index contributed by atoms with van der Waals surface area (Å²) in [4.78, 5) is 0. The normalized spacial score (nSPS) is 14.3. The minimum Gasteiger partial charge on any atom is -0.392 e. The molecular weight excluding hydrogens is 228 g/mol. The van der Waals surface area contributed by atoms with Crippen LogP contribution in [0.3, 0.4) is 0 Å². The molecule has 0 aromatic carbocycles. The molecule has 16 heavy (non-hydrogen) atoms. The average Bonchev–Trinajstić information content (AvgIpc) is 2.48. The van der Waals surface area contributed by atoms with Gasteiger partial charge in [0.25, 0.3) is 0 Å². The van der Waals surface area contributed by atoms with E-state index in [4.69, 9.17) is 0 Å². The molecule has 0 fully saturated rings. The van der Waals surface area contributed by atoms with Crippen LogP contribution in [0, 0.1) is 0 Å². The Morgan fingerprint density at radius 1 is 1.50 bits per heavy atom. The first-order valence-electron chi connectivity index (χ1n) is 5.18. The Morgan fingerprint density at radius 3 is 2.56 bits per heavy atom. The summed E-state index contributed by atoms with van der Waals surface area (Å²) < 4.78 is 23.7. The van der Waals surface area contributed by atoms with Gasteiger partial charge in [-0.15, -0.1) is 0 Å². The van der Waals surface area contributed by atoms with E-state index < -0.39 is 15.9 Å². The molecule has 0 saturated carbocycles. The molecule has 1 unspecified atom stereocenters. The summed E-state index contributed by atoms with van der Waals surface area (Å²) in [7, 11) is -3.14. The van der Waals surface area contributed by atoms with Crippen LogP contribution < -0.4 is 0 Å². The molecule has 1 N–H and O–H groups in total. The second-order valence-corrected chi connectivity index (χ2v) is 6.52. The number of hydrogen-bond donors (Lipinski definition) is 1. The minimum absolute atomic E-state index is 0.221. The third kappa shape index (κ3) is 4.32. The van der Waals surface area contributed by atoms with Crippen LogP contribution in [0.5, 0.6) is 0 Å². The van der Waals surface area contributed by atoms with E-state index in [0.717, 1.165) is 6.26 Å². The summed E-state index contributed by atoms with van der Waals surface area (Å²) >= 11 is 0. The highest BCUT2D eigenvalue weighted by Gasteiger charge is 2.14. The zero-order chi connectivity index (χ0) is 12.3. The second-order valence-electron chi connectivity index (χ2n) is 4.33. The summed E-state index contributed by atoms with van der Waals surface area (Å²) in [6.07, 6.45) is 2.33. The zero-order valence-corrected chi connectivity index (χ0v) is 10.6. The van der Waals surface area contributed by atoms with E-state index in [1.165, 1.54) is 0 Å². The van der Waals surface area contributed by atoms with Crippen LogP contribution in [-0.2, 0) is 16.3 Å². The Hall–Kier alpha value is -0.880. The molecule has 0 bridgehead atoms. The Balaban J connectivity index is 2.59. The Kier molecular flexibility index (Phi) is 4.09. The number of aliphatic hydroxyl groups excluding tert-OH is 1. The highest BCUT2D eigenvalue weighted by atomic mass is 32.2. The summed E-state index contributed by atoms with van der Waals surface area (Å²) in [5.41, 5.74) is 0.713. The summed E-state index contributed by atoms with van der Waals surface area (Å²) in [5.74, 6) is -0.221. The van der Waals surface area contributed by atoms with E-state index >= 15 is 0 Å². The first-order chi connectivity index (χ1) is 7.28. The van der Waals surface area contributed by atoms with Gasteiger partial charge in [0.15, 0.2) is 0 Å². The molecule has 6 heteroatoms. The molecule has 0 radical (unpaired) electrons. The minimum atomic E-state index is -3.14. The van der Waals surface area contributed by atoms with E-state index in [-0.39, 0.29) is 18.2 Å². The average molecular weight is 246 g/mol. The van der Waals surface area contributed by atoms with Crippen molar-refractivity contribution in [3.63, 3.8) is 0 Å². The standard InChI is InChI=1S/C10H18N2O3S/c1-8(2)12-5-4-9(11-12)6-10(13)7-16(3,14)15/h4-5,8,10,13H,6-7H2,1-3H3. The fraction of sp³-hybridized carbons (Fsp3) is 0.700. The van der Waals surface area contributed by atoms with Crippen molar-refractivity contribution in [3.8, 4) is 0 Å². The topological polar surface area (TPSA) is 72.2 Å². The molecule has 0 saturated heterocycles. The van der Waals surface area contributed by atoms with Gasteiger partial charge in [-0.3, -0.25) is 4.68 Å². The van der Waals surface area contributed by atoms with Gasteiger partial charge in [-0.05, 0) is 19.9 Å². The molecule has 0 aliphatic carbocycles. The van der Waals surface area contributed by atoms with Gasteiger partial charge in [0, 0.05) is 24.9 Å².